The molecule has 2 aliphatic carbocycles. The number of carboxylic acid groups (broad SMARTS) is 1. The minimum absolute atomic E-state index is 0.134. The molecule has 0 aromatic heterocycles. The van der Waals surface area contributed by atoms with Gasteiger partial charge in [-0.2, -0.15) is 0 Å². The average Bonchev–Trinajstić information content (AvgIpc) is 2.32. The van der Waals surface area contributed by atoms with Crippen molar-refractivity contribution >= 4 is 12.1 Å². The summed E-state index contributed by atoms with van der Waals surface area (Å²) in [6.07, 6.45) is -0.157. The zero-order valence-electron chi connectivity index (χ0n) is 13.9. The third-order valence-corrected chi connectivity index (χ3v) is 5.11. The van der Waals surface area contributed by atoms with E-state index >= 15 is 0 Å². The van der Waals surface area contributed by atoms with Crippen LogP contribution in [-0.2, 0) is 9.53 Å². The Labute approximate surface area is 134 Å². The predicted octanol–water partition coefficient (Wildman–Crippen LogP) is 3.71. The van der Waals surface area contributed by atoms with Gasteiger partial charge in [-0.25, -0.2) is 13.6 Å². The fraction of sp³-hybridized carbons (Fsp3) is 0.875. The second kappa shape index (κ2) is 5.60. The predicted molar refractivity (Wildman–Crippen MR) is 79.4 cm³/mol. The highest BCUT2D eigenvalue weighted by Gasteiger charge is 2.63. The van der Waals surface area contributed by atoms with Crippen molar-refractivity contribution in [2.75, 3.05) is 0 Å². The van der Waals surface area contributed by atoms with E-state index in [1.54, 1.807) is 20.8 Å². The monoisotopic (exact) mass is 333 g/mol. The quantitative estimate of drug-likeness (QED) is 0.825. The molecule has 0 aromatic rings. The largest absolute Gasteiger partial charge is 0.481 e. The number of rotatable bonds is 3. The molecule has 0 atom stereocenters. The highest BCUT2D eigenvalue weighted by Crippen LogP contribution is 2.56. The first-order chi connectivity index (χ1) is 10.4. The Balaban J connectivity index is 2.22. The Morgan fingerprint density at radius 1 is 1.04 bits per heavy atom. The topological polar surface area (TPSA) is 75.6 Å². The van der Waals surface area contributed by atoms with Crippen molar-refractivity contribution in [3.63, 3.8) is 0 Å². The second-order valence-electron chi connectivity index (χ2n) is 7.81. The first-order valence-electron chi connectivity index (χ1n) is 8.04. The number of nitrogens with one attached hydrogen (secondary N) is 1. The Morgan fingerprint density at radius 2 is 1.57 bits per heavy atom. The first-order valence-corrected chi connectivity index (χ1v) is 8.04. The van der Waals surface area contributed by atoms with Crippen LogP contribution >= 0.6 is 0 Å². The molecule has 1 amide bonds. The van der Waals surface area contributed by atoms with Crippen LogP contribution in [0.5, 0.6) is 0 Å². The number of amides is 1. The summed E-state index contributed by atoms with van der Waals surface area (Å²) in [4.78, 5) is 24.1. The van der Waals surface area contributed by atoms with E-state index in [-0.39, 0.29) is 12.8 Å². The highest BCUT2D eigenvalue weighted by atomic mass is 19.3. The minimum Gasteiger partial charge on any atom is -0.481 e. The van der Waals surface area contributed by atoms with Gasteiger partial charge in [0.2, 0.25) is 5.92 Å². The van der Waals surface area contributed by atoms with Gasteiger partial charge < -0.3 is 15.2 Å². The van der Waals surface area contributed by atoms with E-state index in [9.17, 15) is 23.5 Å². The maximum Gasteiger partial charge on any atom is 0.408 e. The highest BCUT2D eigenvalue weighted by molar-refractivity contribution is 5.79. The Kier molecular flexibility index (Phi) is 4.37. The second-order valence-corrected chi connectivity index (χ2v) is 7.81. The summed E-state index contributed by atoms with van der Waals surface area (Å²) in [6.45, 7) is 5.15. The van der Waals surface area contributed by atoms with Gasteiger partial charge in [0.05, 0.1) is 11.0 Å². The third-order valence-electron chi connectivity index (χ3n) is 5.11. The fourth-order valence-electron chi connectivity index (χ4n) is 3.69. The average molecular weight is 333 g/mol. The number of aliphatic carboxylic acids is 1. The molecule has 0 unspecified atom stereocenters. The summed E-state index contributed by atoms with van der Waals surface area (Å²) in [5, 5.41) is 12.5. The van der Waals surface area contributed by atoms with E-state index in [0.717, 1.165) is 6.42 Å². The van der Waals surface area contributed by atoms with E-state index in [1.165, 1.54) is 0 Å². The van der Waals surface area contributed by atoms with Gasteiger partial charge in [0.25, 0.3) is 0 Å². The molecule has 23 heavy (non-hydrogen) atoms. The van der Waals surface area contributed by atoms with Gasteiger partial charge in [0, 0.05) is 12.8 Å². The van der Waals surface area contributed by atoms with Crippen molar-refractivity contribution in [1.82, 2.24) is 5.32 Å². The van der Waals surface area contributed by atoms with Crippen LogP contribution in [-0.4, -0.2) is 34.2 Å². The van der Waals surface area contributed by atoms with Crippen LogP contribution in [0.2, 0.25) is 0 Å². The maximum atomic E-state index is 13.5. The Bertz CT molecular complexity index is 485. The van der Waals surface area contributed by atoms with Crippen LogP contribution in [0, 0.1) is 5.41 Å². The number of hydrogen-bond acceptors (Lipinski definition) is 3. The zero-order valence-corrected chi connectivity index (χ0v) is 13.9. The number of carbonyl (C=O) groups excluding carboxylic acids is 1. The number of carbonyl (C=O) groups is 2. The molecule has 2 rings (SSSR count). The summed E-state index contributed by atoms with van der Waals surface area (Å²) in [6, 6.07) is 0. The van der Waals surface area contributed by atoms with Crippen LogP contribution in [0.15, 0.2) is 0 Å². The van der Waals surface area contributed by atoms with Gasteiger partial charge in [-0.1, -0.05) is 0 Å². The molecule has 7 heteroatoms. The van der Waals surface area contributed by atoms with Gasteiger partial charge in [-0.15, -0.1) is 0 Å². The van der Waals surface area contributed by atoms with Crippen molar-refractivity contribution in [3.05, 3.63) is 0 Å². The van der Waals surface area contributed by atoms with Crippen LogP contribution < -0.4 is 5.32 Å². The first kappa shape index (κ1) is 17.9. The van der Waals surface area contributed by atoms with Crippen molar-refractivity contribution in [2.45, 2.75) is 82.8 Å². The molecule has 0 aromatic carbocycles. The van der Waals surface area contributed by atoms with E-state index in [4.69, 9.17) is 4.74 Å². The molecule has 132 valence electrons. The van der Waals surface area contributed by atoms with Gasteiger partial charge >= 0.3 is 12.1 Å². The molecule has 2 fully saturated rings. The molecule has 2 aliphatic rings. The standard InChI is InChI=1S/C16H25F2NO4/c1-13(2,3)23-12(22)19-15(5-4-6-15)14(11(20)21)7-9-16(17,18)10-8-14/h4-10H2,1-3H3,(H,19,22)(H,20,21). The van der Waals surface area contributed by atoms with Crippen LogP contribution in [0.25, 0.3) is 0 Å². The third kappa shape index (κ3) is 3.43. The number of carboxylic acids is 1. The molecular formula is C16H25F2NO4. The number of alkyl halides is 2. The van der Waals surface area contributed by atoms with Gasteiger partial charge in [-0.3, -0.25) is 4.79 Å². The molecule has 0 saturated heterocycles. The summed E-state index contributed by atoms with van der Waals surface area (Å²) in [5.41, 5.74) is -3.04. The van der Waals surface area contributed by atoms with Gasteiger partial charge in [0.15, 0.2) is 0 Å². The van der Waals surface area contributed by atoms with Crippen LogP contribution in [0.3, 0.4) is 0 Å². The molecular weight excluding hydrogens is 308 g/mol. The number of hydrogen-bond donors (Lipinski definition) is 2. The summed E-state index contributed by atoms with van der Waals surface area (Å²) < 4.78 is 32.2. The van der Waals surface area contributed by atoms with E-state index in [0.29, 0.717) is 12.8 Å². The Hall–Kier alpha value is -1.40. The molecule has 0 bridgehead atoms. The molecule has 2 N–H and O–H groups in total. The lowest BCUT2D eigenvalue weighted by Crippen LogP contribution is -2.68. The summed E-state index contributed by atoms with van der Waals surface area (Å²) >= 11 is 0. The summed E-state index contributed by atoms with van der Waals surface area (Å²) in [5.74, 6) is -3.93. The van der Waals surface area contributed by atoms with E-state index < -0.39 is 47.4 Å². The van der Waals surface area contributed by atoms with Gasteiger partial charge in [-0.05, 0) is 52.9 Å². The smallest absolute Gasteiger partial charge is 0.408 e. The van der Waals surface area contributed by atoms with Crippen molar-refractivity contribution in [2.24, 2.45) is 5.41 Å². The minimum atomic E-state index is -2.82. The molecule has 0 aliphatic heterocycles. The molecule has 2 saturated carbocycles. The molecule has 0 heterocycles. The number of ether oxygens (including phenoxy) is 1. The SMILES string of the molecule is CC(C)(C)OC(=O)NC1(C2(C(=O)O)CCC(F)(F)CC2)CCC1. The van der Waals surface area contributed by atoms with Crippen molar-refractivity contribution < 1.29 is 28.2 Å². The molecule has 0 radical (unpaired) electrons. The number of alkyl carbamates (subject to hydrolysis) is 1. The van der Waals surface area contributed by atoms with Crippen molar-refractivity contribution in [3.8, 4) is 0 Å². The summed E-state index contributed by atoms with van der Waals surface area (Å²) in [7, 11) is 0. The normalized spacial score (nSPS) is 25.1. The zero-order chi connectivity index (χ0) is 17.5. The lowest BCUT2D eigenvalue weighted by Gasteiger charge is -2.55. The maximum absolute atomic E-state index is 13.5. The molecule has 5 nitrogen and oxygen atoms in total. The van der Waals surface area contributed by atoms with Crippen LogP contribution in [0.4, 0.5) is 13.6 Å². The lowest BCUT2D eigenvalue weighted by atomic mass is 9.53. The molecule has 0 spiro atoms. The lowest BCUT2D eigenvalue weighted by molar-refractivity contribution is -0.171. The Morgan fingerprint density at radius 3 is 1.91 bits per heavy atom. The van der Waals surface area contributed by atoms with E-state index in [2.05, 4.69) is 5.32 Å². The number of halogens is 2. The van der Waals surface area contributed by atoms with Crippen LogP contribution in [0.1, 0.15) is 65.7 Å². The van der Waals surface area contributed by atoms with Gasteiger partial charge in [0.1, 0.15) is 5.60 Å². The van der Waals surface area contributed by atoms with Crippen molar-refractivity contribution in [1.29, 1.82) is 0 Å². The fourth-order valence-corrected chi connectivity index (χ4v) is 3.69. The van der Waals surface area contributed by atoms with E-state index in [1.807, 2.05) is 0 Å².